The Morgan fingerprint density at radius 1 is 0.331 bits per heavy atom. The highest BCUT2D eigenvalue weighted by Gasteiger charge is 2.19. The zero-order chi connectivity index (χ0) is 96.9. The van der Waals surface area contributed by atoms with Gasteiger partial charge in [0.1, 0.15) is 23.3 Å². The van der Waals surface area contributed by atoms with Gasteiger partial charge in [0, 0.05) is 107 Å². The summed E-state index contributed by atoms with van der Waals surface area (Å²) in [5.74, 6) is 9.93. The highest BCUT2D eigenvalue weighted by atomic mass is 16.7. The Balaban J connectivity index is -0.000000193. The van der Waals surface area contributed by atoms with E-state index in [0.717, 1.165) is 110 Å². The molecule has 0 bridgehead atoms. The van der Waals surface area contributed by atoms with Crippen LogP contribution >= 0.6 is 0 Å². The first-order chi connectivity index (χ1) is 59.2. The molecule has 10 aromatic heterocycles. The molecule has 16 nitrogen and oxygen atoms in total. The van der Waals surface area contributed by atoms with Gasteiger partial charge in [-0.3, -0.25) is 9.98 Å². The molecule has 0 atom stereocenters. The largest absolute Gasteiger partial charge is 0.454 e. The second-order valence-corrected chi connectivity index (χ2v) is 30.6. The third kappa shape index (κ3) is 72.1. The molecule has 124 heavy (non-hydrogen) atoms. The molecule has 3 aromatic carbocycles. The van der Waals surface area contributed by atoms with Crippen LogP contribution in [0.2, 0.25) is 0 Å². The number of benzene rings is 3. The van der Waals surface area contributed by atoms with Crippen LogP contribution in [-0.2, 0) is 20.5 Å². The predicted octanol–water partition coefficient (Wildman–Crippen LogP) is 33.4. The summed E-state index contributed by atoms with van der Waals surface area (Å²) in [4.78, 5) is 26.6. The lowest BCUT2D eigenvalue weighted by atomic mass is 10.2. The third-order valence-corrected chi connectivity index (χ3v) is 11.7. The van der Waals surface area contributed by atoms with Crippen LogP contribution in [0.5, 0.6) is 17.2 Å². The number of anilines is 1. The van der Waals surface area contributed by atoms with E-state index in [-0.39, 0.29) is 0 Å². The number of imidazole rings is 2. The highest BCUT2D eigenvalue weighted by molar-refractivity contribution is 5.76. The number of aliphatic imine (C=N–C) groups is 1. The number of fused-ring (bicyclic) bond motifs is 8. The van der Waals surface area contributed by atoms with Gasteiger partial charge >= 0.3 is 0 Å². The van der Waals surface area contributed by atoms with Gasteiger partial charge in [0.2, 0.25) is 6.79 Å². The third-order valence-electron chi connectivity index (χ3n) is 11.7. The summed E-state index contributed by atoms with van der Waals surface area (Å²) in [5.41, 5.74) is 9.73. The van der Waals surface area contributed by atoms with Crippen LogP contribution in [0, 0.1) is 47.3 Å². The first-order valence-corrected chi connectivity index (χ1v) is 46.1. The smallest absolute Gasteiger partial charge is 0.231 e. The van der Waals surface area contributed by atoms with Crippen molar-refractivity contribution in [3.05, 3.63) is 256 Å². The van der Waals surface area contributed by atoms with Crippen molar-refractivity contribution in [2.24, 2.45) is 66.4 Å². The molecule has 0 radical (unpaired) electrons. The van der Waals surface area contributed by atoms with Gasteiger partial charge in [0.25, 0.3) is 0 Å². The number of ether oxygens (including phenoxy) is 3. The average Bonchev–Trinajstić information content (AvgIpc) is 1.68. The minimum Gasteiger partial charge on any atom is -0.454 e. The molecule has 0 N–H and O–H groups in total. The topological polar surface area (TPSA) is 144 Å². The molecule has 16 rings (SSSR count). The molecule has 0 spiro atoms. The number of rotatable bonds is 0. The lowest BCUT2D eigenvalue weighted by Gasteiger charge is -2.07. The van der Waals surface area contributed by atoms with Crippen molar-refractivity contribution < 1.29 is 14.2 Å². The van der Waals surface area contributed by atoms with Gasteiger partial charge in [0.15, 0.2) is 28.8 Å². The molecule has 0 amide bonds. The normalized spacial score (nSPS) is 9.93. The highest BCUT2D eigenvalue weighted by Crippen LogP contribution is 2.36. The van der Waals surface area contributed by atoms with Crippen LogP contribution in [0.4, 0.5) is 11.4 Å². The molecular formula is C108H183N13O3. The fourth-order valence-corrected chi connectivity index (χ4v) is 7.74. The second kappa shape index (κ2) is 88.9. The van der Waals surface area contributed by atoms with Crippen molar-refractivity contribution >= 4 is 56.6 Å². The first-order valence-electron chi connectivity index (χ1n) is 46.1. The number of hydrogen-bond acceptors (Lipinski definition) is 11. The Morgan fingerprint density at radius 2 is 0.710 bits per heavy atom. The maximum absolute atomic E-state index is 5.35. The van der Waals surface area contributed by atoms with Crippen LogP contribution in [0.1, 0.15) is 283 Å². The van der Waals surface area contributed by atoms with E-state index in [1.807, 2.05) is 352 Å². The van der Waals surface area contributed by atoms with Gasteiger partial charge < -0.3 is 37.0 Å². The van der Waals surface area contributed by atoms with Crippen LogP contribution in [0.25, 0.3) is 39.0 Å². The quantitative estimate of drug-likeness (QED) is 0.144. The average molecular weight is 1710 g/mol. The van der Waals surface area contributed by atoms with Crippen LogP contribution in [-0.4, -0.2) is 72.5 Å². The molecule has 0 saturated heterocycles. The van der Waals surface area contributed by atoms with Crippen LogP contribution in [0.3, 0.4) is 0 Å². The van der Waals surface area contributed by atoms with Crippen molar-refractivity contribution in [2.45, 2.75) is 283 Å². The number of aryl methyl sites for hydroxylation is 2. The molecule has 13 aromatic rings. The molecule has 3 aliphatic heterocycles. The Kier molecular flexibility index (Phi) is 92.7. The molecule has 698 valence electrons. The minimum absolute atomic E-state index is 0.360. The van der Waals surface area contributed by atoms with Crippen LogP contribution < -0.4 is 19.1 Å². The Labute approximate surface area is 761 Å². The van der Waals surface area contributed by atoms with E-state index in [9.17, 15) is 0 Å². The number of para-hydroxylation sites is 5. The van der Waals surface area contributed by atoms with Crippen molar-refractivity contribution in [3.63, 3.8) is 0 Å². The summed E-state index contributed by atoms with van der Waals surface area (Å²) in [6.07, 6.45) is 25.4. The Morgan fingerprint density at radius 3 is 1.12 bits per heavy atom. The summed E-state index contributed by atoms with van der Waals surface area (Å²) in [7, 11) is 5.95. The summed E-state index contributed by atoms with van der Waals surface area (Å²) < 4.78 is 25.2. The van der Waals surface area contributed by atoms with Crippen molar-refractivity contribution in [1.29, 1.82) is 0 Å². The van der Waals surface area contributed by atoms with Crippen LogP contribution in [0.15, 0.2) is 256 Å². The van der Waals surface area contributed by atoms with E-state index < -0.39 is 0 Å². The molecule has 16 heteroatoms. The van der Waals surface area contributed by atoms with E-state index in [0.29, 0.717) is 12.7 Å². The van der Waals surface area contributed by atoms with Gasteiger partial charge in [-0.05, 0) is 163 Å². The number of pyridine rings is 5. The number of aromatic nitrogens is 11. The summed E-state index contributed by atoms with van der Waals surface area (Å²) in [6.45, 7) is 88.1. The fourth-order valence-electron chi connectivity index (χ4n) is 7.74. The molecule has 0 fully saturated rings. The van der Waals surface area contributed by atoms with Gasteiger partial charge in [-0.1, -0.05) is 338 Å². The first kappa shape index (κ1) is 129. The monoisotopic (exact) mass is 1710 g/mol. The number of nitrogens with zero attached hydrogens (tertiary/aromatic N) is 13. The molecule has 0 aliphatic carbocycles. The van der Waals surface area contributed by atoms with Gasteiger partial charge in [-0.25, -0.2) is 24.5 Å². The zero-order valence-electron chi connectivity index (χ0n) is 86.9. The fraction of sp³-hybridized carbons (Fsp3) is 0.491. The van der Waals surface area contributed by atoms with E-state index in [1.54, 1.807) is 16.9 Å². The maximum atomic E-state index is 5.35. The Bertz CT molecular complexity index is 3950. The lowest BCUT2D eigenvalue weighted by Crippen LogP contribution is -2.11. The summed E-state index contributed by atoms with van der Waals surface area (Å²) in [5, 5.41) is 5.12. The van der Waals surface area contributed by atoms with E-state index in [4.69, 9.17) is 14.2 Å². The lowest BCUT2D eigenvalue weighted by molar-refractivity contribution is 0.174. The zero-order valence-corrected chi connectivity index (χ0v) is 86.9. The second-order valence-electron chi connectivity index (χ2n) is 30.6. The molecule has 3 aliphatic rings. The minimum atomic E-state index is 0.360. The SMILES string of the molecule is C1=Nc2ccccc2C1.C=C1Oc2ccccc2N1C.CC.CC.CC.CC.CC.CC.CC.CC.CC(C)C.CC(C)C.CC(C)C.CC(C)C.CC(C)C.CC(C)C.CC(C)C.CC(C)C.Cn1ccc2cccnc21.Cn1ccc2ncccc21.c1ccc2c(c1)OCO2.c1ccn2ccnc2c1.c1ccn2ccnc2c1.c1ccn2ncnc2c1. The predicted molar refractivity (Wildman–Crippen MR) is 555 cm³/mol. The molecular weight excluding hydrogens is 1530 g/mol. The van der Waals surface area contributed by atoms with E-state index in [2.05, 4.69) is 237 Å². The maximum Gasteiger partial charge on any atom is 0.231 e. The van der Waals surface area contributed by atoms with Gasteiger partial charge in [-0.2, -0.15) is 5.10 Å². The van der Waals surface area contributed by atoms with E-state index in [1.165, 1.54) is 22.8 Å². The molecule has 13 heterocycles. The summed E-state index contributed by atoms with van der Waals surface area (Å²) in [6, 6.07) is 53.4. The van der Waals surface area contributed by atoms with Crippen molar-refractivity contribution in [3.8, 4) is 17.2 Å². The standard InChI is InChI=1S/C9H9NO.2C8H8N2.C8H7N.2C7H6N2.C7H6O2.C6H5N3.8C4H10.8C2H6/c1-7-10(2)8-5-3-4-6-9(8)11-7;1-10-6-4-7-8(10)3-2-5-9-7;1-10-6-4-7-3-2-5-9-8(7)10;1-2-4-8-7(3-1)5-6-9-8;2*1-2-5-9-6-4-8-7(9)3-1;1-2-4-7-6(3-1)8-5-9-7;1-2-4-9-6(3-1)7-5-8-9;8*1-4(2)3;8*1-2/h3-6H,1H2,2H3;2*2-6H,1H3;1-4,6H,5H2;2*1-6H;1-4H,5H2;1-5H;8*4H,1-3H3;8*1-2H3. The van der Waals surface area contributed by atoms with E-state index >= 15 is 0 Å². The van der Waals surface area contributed by atoms with Gasteiger partial charge in [0.05, 0.1) is 22.4 Å². The number of hydrogen-bond donors (Lipinski definition) is 0. The summed E-state index contributed by atoms with van der Waals surface area (Å²) >= 11 is 0. The van der Waals surface area contributed by atoms with Crippen molar-refractivity contribution in [2.75, 3.05) is 18.7 Å². The molecule has 0 unspecified atom stereocenters. The van der Waals surface area contributed by atoms with Gasteiger partial charge in [-0.15, -0.1) is 0 Å². The molecule has 0 saturated carbocycles. The Hall–Kier alpha value is -10.4. The van der Waals surface area contributed by atoms with Crippen molar-refractivity contribution in [1.82, 2.24) is 52.5 Å².